The van der Waals surface area contributed by atoms with Gasteiger partial charge >= 0.3 is 0 Å². The molecule has 0 aromatic rings. The fourth-order valence-electron chi connectivity index (χ4n) is 2.41. The molecule has 0 aromatic carbocycles. The predicted octanol–water partition coefficient (Wildman–Crippen LogP) is -0.855. The molecule has 6 heteroatoms. The van der Waals surface area contributed by atoms with E-state index >= 15 is 0 Å². The highest BCUT2D eigenvalue weighted by Crippen LogP contribution is 2.19. The van der Waals surface area contributed by atoms with Crippen molar-refractivity contribution in [2.75, 3.05) is 26.2 Å². The minimum absolute atomic E-state index is 0.0911. The van der Waals surface area contributed by atoms with E-state index in [1.54, 1.807) is 0 Å². The standard InChI is InChI=1S/C13H24N4O2/c1-9(12(14)18)16-5-7-17(8-6-16)10(2)13(19)15-11-3-4-11/h9-11H,3-8H2,1-2H3,(H2,14,18)(H,15,19)/t9-,10+/m1/s1. The Hall–Kier alpha value is -1.14. The molecule has 0 aromatic heterocycles. The van der Waals surface area contributed by atoms with Crippen molar-refractivity contribution in [3.63, 3.8) is 0 Å². The number of carbonyl (C=O) groups excluding carboxylic acids is 2. The second-order valence-corrected chi connectivity index (χ2v) is 5.61. The molecule has 108 valence electrons. The summed E-state index contributed by atoms with van der Waals surface area (Å²) >= 11 is 0. The third-order valence-corrected chi connectivity index (χ3v) is 4.16. The Kier molecular flexibility index (Phi) is 4.42. The number of nitrogens with zero attached hydrogens (tertiary/aromatic N) is 2. The highest BCUT2D eigenvalue weighted by Gasteiger charge is 2.31. The van der Waals surface area contributed by atoms with Crippen molar-refractivity contribution >= 4 is 11.8 Å². The number of rotatable bonds is 5. The molecule has 2 rings (SSSR count). The summed E-state index contributed by atoms with van der Waals surface area (Å²) in [5.41, 5.74) is 5.31. The number of amides is 2. The average molecular weight is 268 g/mol. The monoisotopic (exact) mass is 268 g/mol. The van der Waals surface area contributed by atoms with E-state index < -0.39 is 0 Å². The van der Waals surface area contributed by atoms with Gasteiger partial charge in [0.2, 0.25) is 11.8 Å². The van der Waals surface area contributed by atoms with Crippen LogP contribution in [0.15, 0.2) is 0 Å². The number of carbonyl (C=O) groups is 2. The molecule has 1 saturated carbocycles. The fourth-order valence-corrected chi connectivity index (χ4v) is 2.41. The average Bonchev–Trinajstić information content (AvgIpc) is 3.21. The first kappa shape index (κ1) is 14.3. The van der Waals surface area contributed by atoms with Crippen LogP contribution >= 0.6 is 0 Å². The summed E-state index contributed by atoms with van der Waals surface area (Å²) in [4.78, 5) is 27.4. The van der Waals surface area contributed by atoms with Crippen LogP contribution in [0.5, 0.6) is 0 Å². The maximum atomic E-state index is 12.0. The smallest absolute Gasteiger partial charge is 0.237 e. The molecule has 0 spiro atoms. The van der Waals surface area contributed by atoms with Crippen molar-refractivity contribution in [3.8, 4) is 0 Å². The van der Waals surface area contributed by atoms with Crippen molar-refractivity contribution in [2.24, 2.45) is 5.73 Å². The summed E-state index contributed by atoms with van der Waals surface area (Å²) in [7, 11) is 0. The molecule has 2 fully saturated rings. The molecule has 0 unspecified atom stereocenters. The zero-order chi connectivity index (χ0) is 14.0. The van der Waals surface area contributed by atoms with Gasteiger partial charge in [0.15, 0.2) is 0 Å². The Morgan fingerprint density at radius 3 is 1.95 bits per heavy atom. The molecular formula is C13H24N4O2. The lowest BCUT2D eigenvalue weighted by Crippen LogP contribution is -2.57. The molecule has 2 amide bonds. The second-order valence-electron chi connectivity index (χ2n) is 5.61. The SMILES string of the molecule is C[C@H](C(N)=O)N1CCN([C@@H](C)C(=O)NC2CC2)CC1. The number of nitrogens with two attached hydrogens (primary N) is 1. The lowest BCUT2D eigenvalue weighted by atomic mass is 10.1. The zero-order valence-corrected chi connectivity index (χ0v) is 11.8. The number of primary amides is 1. The molecule has 0 bridgehead atoms. The lowest BCUT2D eigenvalue weighted by Gasteiger charge is -2.39. The third-order valence-electron chi connectivity index (χ3n) is 4.16. The number of piperazine rings is 1. The van der Waals surface area contributed by atoms with E-state index in [0.717, 1.165) is 39.0 Å². The maximum Gasteiger partial charge on any atom is 0.237 e. The van der Waals surface area contributed by atoms with Crippen LogP contribution in [-0.4, -0.2) is 65.9 Å². The Balaban J connectivity index is 1.78. The van der Waals surface area contributed by atoms with Gasteiger partial charge in [0, 0.05) is 32.2 Å². The minimum atomic E-state index is -0.284. The van der Waals surface area contributed by atoms with Crippen molar-refractivity contribution in [2.45, 2.75) is 44.8 Å². The molecule has 2 atom stereocenters. The largest absolute Gasteiger partial charge is 0.368 e. The van der Waals surface area contributed by atoms with Gasteiger partial charge in [-0.1, -0.05) is 0 Å². The van der Waals surface area contributed by atoms with E-state index in [0.29, 0.717) is 6.04 Å². The van der Waals surface area contributed by atoms with E-state index in [1.807, 2.05) is 13.8 Å². The van der Waals surface area contributed by atoms with Crippen molar-refractivity contribution in [1.82, 2.24) is 15.1 Å². The van der Waals surface area contributed by atoms with E-state index in [1.165, 1.54) is 0 Å². The number of hydrogen-bond donors (Lipinski definition) is 2. The lowest BCUT2D eigenvalue weighted by molar-refractivity contribution is -0.128. The topological polar surface area (TPSA) is 78.7 Å². The Labute approximate surface area is 114 Å². The first-order chi connectivity index (χ1) is 8.99. The Morgan fingerprint density at radius 2 is 1.53 bits per heavy atom. The van der Waals surface area contributed by atoms with Crippen LogP contribution in [0.3, 0.4) is 0 Å². The summed E-state index contributed by atoms with van der Waals surface area (Å²) < 4.78 is 0. The minimum Gasteiger partial charge on any atom is -0.368 e. The predicted molar refractivity (Wildman–Crippen MR) is 72.4 cm³/mol. The van der Waals surface area contributed by atoms with Crippen LogP contribution in [0, 0.1) is 0 Å². The maximum absolute atomic E-state index is 12.0. The first-order valence-corrected chi connectivity index (χ1v) is 7.07. The quantitative estimate of drug-likeness (QED) is 0.680. The summed E-state index contributed by atoms with van der Waals surface area (Å²) in [5.74, 6) is -0.160. The number of hydrogen-bond acceptors (Lipinski definition) is 4. The van der Waals surface area contributed by atoms with Crippen LogP contribution in [-0.2, 0) is 9.59 Å². The molecule has 19 heavy (non-hydrogen) atoms. The molecule has 1 aliphatic heterocycles. The second kappa shape index (κ2) is 5.88. The fraction of sp³-hybridized carbons (Fsp3) is 0.846. The molecule has 3 N–H and O–H groups in total. The highest BCUT2D eigenvalue weighted by atomic mass is 16.2. The van der Waals surface area contributed by atoms with Crippen molar-refractivity contribution in [3.05, 3.63) is 0 Å². The van der Waals surface area contributed by atoms with E-state index in [-0.39, 0.29) is 23.9 Å². The van der Waals surface area contributed by atoms with Crippen LogP contribution in [0.2, 0.25) is 0 Å². The van der Waals surface area contributed by atoms with E-state index in [4.69, 9.17) is 5.73 Å². The zero-order valence-electron chi connectivity index (χ0n) is 11.8. The molecule has 2 aliphatic rings. The highest BCUT2D eigenvalue weighted by molar-refractivity contribution is 5.82. The van der Waals surface area contributed by atoms with Crippen LogP contribution in [0.4, 0.5) is 0 Å². The molecule has 0 radical (unpaired) electrons. The van der Waals surface area contributed by atoms with Gasteiger partial charge in [-0.3, -0.25) is 19.4 Å². The molecule has 1 aliphatic carbocycles. The van der Waals surface area contributed by atoms with Gasteiger partial charge in [0.1, 0.15) is 0 Å². The summed E-state index contributed by atoms with van der Waals surface area (Å²) in [6.45, 7) is 6.95. The van der Waals surface area contributed by atoms with Crippen LogP contribution < -0.4 is 11.1 Å². The third kappa shape index (κ3) is 3.67. The normalized spacial score (nSPS) is 24.7. The summed E-state index contributed by atoms with van der Waals surface area (Å²) in [6, 6.07) is 0.0931. The van der Waals surface area contributed by atoms with Crippen molar-refractivity contribution < 1.29 is 9.59 Å². The van der Waals surface area contributed by atoms with Gasteiger partial charge in [-0.05, 0) is 26.7 Å². The molecule has 1 saturated heterocycles. The van der Waals surface area contributed by atoms with Crippen LogP contribution in [0.25, 0.3) is 0 Å². The summed E-state index contributed by atoms with van der Waals surface area (Å²) in [5, 5.41) is 3.03. The molecule has 1 heterocycles. The summed E-state index contributed by atoms with van der Waals surface area (Å²) in [6.07, 6.45) is 2.23. The van der Waals surface area contributed by atoms with E-state index in [2.05, 4.69) is 15.1 Å². The van der Waals surface area contributed by atoms with Gasteiger partial charge < -0.3 is 11.1 Å². The van der Waals surface area contributed by atoms with E-state index in [9.17, 15) is 9.59 Å². The van der Waals surface area contributed by atoms with Gasteiger partial charge in [-0.2, -0.15) is 0 Å². The molecular weight excluding hydrogens is 244 g/mol. The number of nitrogens with one attached hydrogen (secondary N) is 1. The van der Waals surface area contributed by atoms with Gasteiger partial charge in [0.05, 0.1) is 12.1 Å². The molecule has 6 nitrogen and oxygen atoms in total. The van der Waals surface area contributed by atoms with Gasteiger partial charge in [-0.15, -0.1) is 0 Å². The first-order valence-electron chi connectivity index (χ1n) is 7.07. The van der Waals surface area contributed by atoms with Gasteiger partial charge in [0.25, 0.3) is 0 Å². The van der Waals surface area contributed by atoms with Crippen LogP contribution in [0.1, 0.15) is 26.7 Å². The van der Waals surface area contributed by atoms with Crippen molar-refractivity contribution in [1.29, 1.82) is 0 Å². The Morgan fingerprint density at radius 1 is 1.05 bits per heavy atom. The Bertz CT molecular complexity index is 349. The van der Waals surface area contributed by atoms with Gasteiger partial charge in [-0.25, -0.2) is 0 Å².